The lowest BCUT2D eigenvalue weighted by Crippen LogP contribution is -2.10. The van der Waals surface area contributed by atoms with Gasteiger partial charge in [-0.1, -0.05) is 217 Å². The molecule has 0 spiro atoms. The zero-order valence-electron chi connectivity index (χ0n) is 48.2. The summed E-state index contributed by atoms with van der Waals surface area (Å²) < 4.78 is 4.97. The Morgan fingerprint density at radius 1 is 0.278 bits per heavy atom. The Balaban J connectivity index is 1.21. The van der Waals surface area contributed by atoms with E-state index < -0.39 is 0 Å². The first kappa shape index (κ1) is 51.4. The van der Waals surface area contributed by atoms with E-state index in [4.69, 9.17) is 15.0 Å². The number of hydrogen-bond donors (Lipinski definition) is 0. The van der Waals surface area contributed by atoms with Crippen LogP contribution in [0.4, 0.5) is 0 Å². The van der Waals surface area contributed by atoms with Crippen LogP contribution in [0, 0.1) is 6.92 Å². The molecule has 0 saturated heterocycles. The molecule has 0 amide bonds. The minimum Gasteiger partial charge on any atom is -0.308 e. The van der Waals surface area contributed by atoms with Gasteiger partial charge in [0.15, 0.2) is 17.5 Å². The highest BCUT2D eigenvalue weighted by Gasteiger charge is 2.29. The second-order valence-electron chi connectivity index (χ2n) is 25.9. The Bertz CT molecular complexity index is 4190. The van der Waals surface area contributed by atoms with Crippen molar-refractivity contribution in [2.75, 3.05) is 0 Å². The van der Waals surface area contributed by atoms with Crippen molar-refractivity contribution in [3.63, 3.8) is 0 Å². The van der Waals surface area contributed by atoms with Crippen molar-refractivity contribution in [1.82, 2.24) is 24.1 Å². The van der Waals surface area contributed by atoms with Gasteiger partial charge >= 0.3 is 0 Å². The summed E-state index contributed by atoms with van der Waals surface area (Å²) in [6.07, 6.45) is 0. The first-order valence-electron chi connectivity index (χ1n) is 28.0. The van der Waals surface area contributed by atoms with Gasteiger partial charge in [-0.25, -0.2) is 15.0 Å². The fraction of sp³-hybridized carbons (Fsp3) is 0.230. The number of rotatable bonds is 7. The molecule has 3 heterocycles. The first-order valence-corrected chi connectivity index (χ1v) is 28.0. The molecule has 0 saturated carbocycles. The molecule has 0 aliphatic carbocycles. The summed E-state index contributed by atoms with van der Waals surface area (Å²) in [6.45, 7) is 29.8. The molecule has 12 rings (SSSR count). The van der Waals surface area contributed by atoms with E-state index in [1.807, 2.05) is 0 Å². The fourth-order valence-electron chi connectivity index (χ4n) is 11.6. The molecule has 5 nitrogen and oxygen atoms in total. The number of aromatic nitrogens is 5. The van der Waals surface area contributed by atoms with Crippen LogP contribution in [-0.2, 0) is 21.7 Å². The molecule has 12 aromatic rings. The quantitative estimate of drug-likeness (QED) is 0.160. The minimum absolute atomic E-state index is 0.0498. The topological polar surface area (TPSA) is 48.5 Å². The van der Waals surface area contributed by atoms with Crippen LogP contribution in [0.1, 0.15) is 111 Å². The van der Waals surface area contributed by atoms with Crippen LogP contribution in [0.3, 0.4) is 0 Å². The molecule has 0 aliphatic heterocycles. The maximum Gasteiger partial charge on any atom is 0.166 e. The molecule has 0 aliphatic rings. The molecular weight excluding hydrogens is 959 g/mol. The number of hydrogen-bond acceptors (Lipinski definition) is 3. The smallest absolute Gasteiger partial charge is 0.166 e. The summed E-state index contributed by atoms with van der Waals surface area (Å²) in [5.74, 6) is 1.77. The van der Waals surface area contributed by atoms with Gasteiger partial charge in [-0.15, -0.1) is 0 Å². The molecule has 0 atom stereocenters. The Hall–Kier alpha value is -8.41. The highest BCUT2D eigenvalue weighted by Crippen LogP contribution is 2.46. The van der Waals surface area contributed by atoms with Gasteiger partial charge in [0.25, 0.3) is 0 Å². The highest BCUT2D eigenvalue weighted by molar-refractivity contribution is 6.12. The van der Waals surface area contributed by atoms with E-state index in [1.165, 1.54) is 49.4 Å². The highest BCUT2D eigenvalue weighted by atomic mass is 15.1. The summed E-state index contributed by atoms with van der Waals surface area (Å²) in [4.78, 5) is 16.9. The number of nitrogens with zero attached hydrogens (tertiary/aromatic N) is 5. The standard InChI is InChI=1S/C74H71N5/c1-46-24-20-21-29-53(46)55-31-23-33-57(67(55)79-64-40-36-51(73(8,9)10)44-60(64)61-45-52(74(11,12)13)37-41-65(61)79)70-76-68(48-27-18-15-19-28-48)75-69(77-70)56-32-22-30-54(47-25-16-14-17-26-47)66(56)78-62-38-34-49(71(2,3)4)42-58(62)59-43-50(72(5,6)7)35-39-63(59)78/h14-45H,1-13H3. The molecule has 5 heteroatoms. The predicted molar refractivity (Wildman–Crippen MR) is 335 cm³/mol. The summed E-state index contributed by atoms with van der Waals surface area (Å²) >= 11 is 0. The Morgan fingerprint density at radius 3 is 0.987 bits per heavy atom. The third kappa shape index (κ3) is 9.13. The average Bonchev–Trinajstić information content (AvgIpc) is 4.15. The van der Waals surface area contributed by atoms with Gasteiger partial charge in [-0.05, 0) is 128 Å². The van der Waals surface area contributed by atoms with E-state index >= 15 is 0 Å². The number of benzene rings is 9. The van der Waals surface area contributed by atoms with E-state index in [1.54, 1.807) is 0 Å². The maximum atomic E-state index is 5.79. The van der Waals surface area contributed by atoms with Crippen LogP contribution in [0.2, 0.25) is 0 Å². The lowest BCUT2D eigenvalue weighted by atomic mass is 9.85. The summed E-state index contributed by atoms with van der Waals surface area (Å²) in [5.41, 5.74) is 19.8. The van der Waals surface area contributed by atoms with Crippen molar-refractivity contribution in [2.24, 2.45) is 0 Å². The van der Waals surface area contributed by atoms with Crippen LogP contribution in [0.5, 0.6) is 0 Å². The Labute approximate surface area is 466 Å². The third-order valence-electron chi connectivity index (χ3n) is 16.2. The molecular formula is C74H71N5. The van der Waals surface area contributed by atoms with Gasteiger partial charge in [0.05, 0.1) is 33.4 Å². The summed E-state index contributed by atoms with van der Waals surface area (Å²) in [5, 5.41) is 4.88. The van der Waals surface area contributed by atoms with Crippen LogP contribution in [0.25, 0.3) is 111 Å². The minimum atomic E-state index is -0.0514. The summed E-state index contributed by atoms with van der Waals surface area (Å²) in [7, 11) is 0. The van der Waals surface area contributed by atoms with E-state index in [0.29, 0.717) is 17.5 Å². The monoisotopic (exact) mass is 1030 g/mol. The zero-order valence-corrected chi connectivity index (χ0v) is 48.2. The van der Waals surface area contributed by atoms with Crippen LogP contribution in [-0.4, -0.2) is 24.1 Å². The molecule has 3 aromatic heterocycles. The molecule has 0 bridgehead atoms. The predicted octanol–water partition coefficient (Wildman–Crippen LogP) is 19.9. The lowest BCUT2D eigenvalue weighted by Gasteiger charge is -2.22. The van der Waals surface area contributed by atoms with Crippen molar-refractivity contribution in [3.8, 4) is 67.8 Å². The Kier molecular flexibility index (Phi) is 12.3. The number of fused-ring (bicyclic) bond motifs is 6. The largest absolute Gasteiger partial charge is 0.308 e. The van der Waals surface area contributed by atoms with E-state index in [9.17, 15) is 0 Å². The average molecular weight is 1030 g/mol. The number of aryl methyl sites for hydroxylation is 1. The molecule has 0 fully saturated rings. The second-order valence-corrected chi connectivity index (χ2v) is 25.9. The first-order chi connectivity index (χ1) is 37.6. The molecule has 0 radical (unpaired) electrons. The van der Waals surface area contributed by atoms with Crippen molar-refractivity contribution in [2.45, 2.75) is 112 Å². The molecule has 0 N–H and O–H groups in total. The van der Waals surface area contributed by atoms with Crippen LogP contribution < -0.4 is 0 Å². The van der Waals surface area contributed by atoms with Gasteiger partial charge < -0.3 is 9.13 Å². The van der Waals surface area contributed by atoms with Gasteiger partial charge in [0.1, 0.15) is 0 Å². The van der Waals surface area contributed by atoms with Crippen molar-refractivity contribution < 1.29 is 0 Å². The van der Waals surface area contributed by atoms with Gasteiger partial charge in [0, 0.05) is 49.4 Å². The second kappa shape index (κ2) is 18.9. The van der Waals surface area contributed by atoms with Gasteiger partial charge in [-0.3, -0.25) is 0 Å². The van der Waals surface area contributed by atoms with Gasteiger partial charge in [-0.2, -0.15) is 0 Å². The Morgan fingerprint density at radius 2 is 0.595 bits per heavy atom. The van der Waals surface area contributed by atoms with Crippen molar-refractivity contribution in [3.05, 3.63) is 222 Å². The fourth-order valence-corrected chi connectivity index (χ4v) is 11.6. The van der Waals surface area contributed by atoms with E-state index in [2.05, 4.69) is 293 Å². The maximum absolute atomic E-state index is 5.79. The van der Waals surface area contributed by atoms with Crippen molar-refractivity contribution in [1.29, 1.82) is 0 Å². The van der Waals surface area contributed by atoms with Gasteiger partial charge in [0.2, 0.25) is 0 Å². The lowest BCUT2D eigenvalue weighted by molar-refractivity contribution is 0.590. The third-order valence-corrected chi connectivity index (χ3v) is 16.2. The normalized spacial score (nSPS) is 12.6. The van der Waals surface area contributed by atoms with Crippen LogP contribution >= 0.6 is 0 Å². The summed E-state index contributed by atoms with van der Waals surface area (Å²) in [6, 6.07) is 71.4. The van der Waals surface area contributed by atoms with Crippen LogP contribution in [0.15, 0.2) is 194 Å². The van der Waals surface area contributed by atoms with E-state index in [-0.39, 0.29) is 21.7 Å². The van der Waals surface area contributed by atoms with E-state index in [0.717, 1.165) is 72.4 Å². The molecule has 9 aromatic carbocycles. The zero-order chi connectivity index (χ0) is 55.3. The molecule has 392 valence electrons. The number of para-hydroxylation sites is 2. The molecule has 79 heavy (non-hydrogen) atoms. The SMILES string of the molecule is Cc1ccccc1-c1cccc(-c2nc(-c3ccccc3)nc(-c3cccc(-c4ccccc4)c3-n3c4ccc(C(C)(C)C)cc4c4cc(C(C)(C)C)ccc43)n2)c1-n1c2ccc(C(C)(C)C)cc2c2cc(C(C)(C)C)ccc21. The molecule has 0 unspecified atom stereocenters. The van der Waals surface area contributed by atoms with Crippen molar-refractivity contribution >= 4 is 43.6 Å².